The van der Waals surface area contributed by atoms with Gasteiger partial charge in [-0.1, -0.05) is 0 Å². The summed E-state index contributed by atoms with van der Waals surface area (Å²) in [5.74, 6) is 1.02. The zero-order valence-corrected chi connectivity index (χ0v) is 5.77. The van der Waals surface area contributed by atoms with E-state index in [4.69, 9.17) is 0 Å². The number of hydrogen-bond donors (Lipinski definition) is 0. The third kappa shape index (κ3) is 1.00. The summed E-state index contributed by atoms with van der Waals surface area (Å²) in [4.78, 5) is 4.50. The normalized spacial score (nSPS) is 33.8. The summed E-state index contributed by atoms with van der Waals surface area (Å²) >= 11 is 0. The summed E-state index contributed by atoms with van der Waals surface area (Å²) in [7, 11) is 0. The monoisotopic (exact) mass is 123 g/mol. The fraction of sp³-hybridized carbons (Fsp3) is 0.875. The zero-order chi connectivity index (χ0) is 6.10. The largest absolute Gasteiger partial charge is 0.294 e. The summed E-state index contributed by atoms with van der Waals surface area (Å²) in [5.41, 5.74) is 1.51. The maximum absolute atomic E-state index is 4.50. The highest BCUT2D eigenvalue weighted by atomic mass is 14.7. The molecule has 1 aliphatic carbocycles. The Morgan fingerprint density at radius 1 is 1.33 bits per heavy atom. The van der Waals surface area contributed by atoms with E-state index in [-0.39, 0.29) is 0 Å². The van der Waals surface area contributed by atoms with E-state index < -0.39 is 0 Å². The molecule has 0 N–H and O–H groups in total. The van der Waals surface area contributed by atoms with Gasteiger partial charge in [0.2, 0.25) is 0 Å². The third-order valence-corrected chi connectivity index (χ3v) is 2.47. The molecule has 2 rings (SSSR count). The molecule has 0 saturated heterocycles. The van der Waals surface area contributed by atoms with Crippen molar-refractivity contribution >= 4 is 5.71 Å². The summed E-state index contributed by atoms with van der Waals surface area (Å²) in [5, 5.41) is 0. The smallest absolute Gasteiger partial charge is 0.0388 e. The van der Waals surface area contributed by atoms with Crippen LogP contribution in [0.4, 0.5) is 0 Å². The van der Waals surface area contributed by atoms with Gasteiger partial charge >= 0.3 is 0 Å². The van der Waals surface area contributed by atoms with Crippen LogP contribution in [0.1, 0.15) is 32.1 Å². The molecule has 2 bridgehead atoms. The molecular weight excluding hydrogens is 110 g/mol. The van der Waals surface area contributed by atoms with Crippen molar-refractivity contribution in [1.82, 2.24) is 0 Å². The first-order chi connectivity index (χ1) is 4.45. The Hall–Kier alpha value is -0.330. The second-order valence-electron chi connectivity index (χ2n) is 3.20. The number of aliphatic imine (C=N–C) groups is 1. The van der Waals surface area contributed by atoms with Crippen LogP contribution in [-0.4, -0.2) is 12.3 Å². The first kappa shape index (κ1) is 5.45. The van der Waals surface area contributed by atoms with E-state index >= 15 is 0 Å². The minimum Gasteiger partial charge on any atom is -0.294 e. The van der Waals surface area contributed by atoms with Crippen molar-refractivity contribution in [1.29, 1.82) is 0 Å². The summed E-state index contributed by atoms with van der Waals surface area (Å²) in [6.07, 6.45) is 6.85. The SMILES string of the molecule is C1CN=C2CCC(C1)C2. The van der Waals surface area contributed by atoms with E-state index in [1.807, 2.05) is 0 Å². The lowest BCUT2D eigenvalue weighted by atomic mass is 10.0. The quantitative estimate of drug-likeness (QED) is 0.467. The van der Waals surface area contributed by atoms with Crippen LogP contribution in [0.3, 0.4) is 0 Å². The minimum absolute atomic E-state index is 1.02. The Labute approximate surface area is 56.2 Å². The van der Waals surface area contributed by atoms with E-state index in [9.17, 15) is 0 Å². The van der Waals surface area contributed by atoms with Crippen molar-refractivity contribution < 1.29 is 0 Å². The Bertz CT molecular complexity index is 138. The van der Waals surface area contributed by atoms with Crippen LogP contribution in [0.25, 0.3) is 0 Å². The minimum atomic E-state index is 1.02. The predicted molar refractivity (Wildman–Crippen MR) is 38.9 cm³/mol. The first-order valence-corrected chi connectivity index (χ1v) is 3.97. The van der Waals surface area contributed by atoms with Gasteiger partial charge in [0.15, 0.2) is 0 Å². The summed E-state index contributed by atoms with van der Waals surface area (Å²) in [6, 6.07) is 0. The Morgan fingerprint density at radius 3 is 3.33 bits per heavy atom. The van der Waals surface area contributed by atoms with Gasteiger partial charge in [-0.25, -0.2) is 0 Å². The Morgan fingerprint density at radius 2 is 2.33 bits per heavy atom. The van der Waals surface area contributed by atoms with Gasteiger partial charge in [-0.05, 0) is 38.0 Å². The van der Waals surface area contributed by atoms with E-state index in [0.29, 0.717) is 0 Å². The highest BCUT2D eigenvalue weighted by molar-refractivity contribution is 5.86. The Balaban J connectivity index is 2.14. The molecule has 0 aromatic carbocycles. The van der Waals surface area contributed by atoms with Gasteiger partial charge in [0.25, 0.3) is 0 Å². The van der Waals surface area contributed by atoms with Crippen molar-refractivity contribution in [3.63, 3.8) is 0 Å². The van der Waals surface area contributed by atoms with Gasteiger partial charge in [-0.15, -0.1) is 0 Å². The lowest BCUT2D eigenvalue weighted by Gasteiger charge is -2.02. The molecule has 0 spiro atoms. The first-order valence-electron chi connectivity index (χ1n) is 3.97. The fourth-order valence-electron chi connectivity index (χ4n) is 1.92. The lowest BCUT2D eigenvalue weighted by molar-refractivity contribution is 0.501. The van der Waals surface area contributed by atoms with E-state index in [2.05, 4.69) is 4.99 Å². The van der Waals surface area contributed by atoms with Crippen LogP contribution < -0.4 is 0 Å². The van der Waals surface area contributed by atoms with Crippen LogP contribution in [0.2, 0.25) is 0 Å². The van der Waals surface area contributed by atoms with Crippen LogP contribution >= 0.6 is 0 Å². The van der Waals surface area contributed by atoms with Crippen LogP contribution in [0.5, 0.6) is 0 Å². The molecule has 1 nitrogen and oxygen atoms in total. The highest BCUT2D eigenvalue weighted by Crippen LogP contribution is 2.29. The summed E-state index contributed by atoms with van der Waals surface area (Å²) < 4.78 is 0. The van der Waals surface area contributed by atoms with Crippen LogP contribution in [-0.2, 0) is 0 Å². The molecule has 0 aromatic rings. The molecule has 1 unspecified atom stereocenters. The van der Waals surface area contributed by atoms with Crippen molar-refractivity contribution in [2.45, 2.75) is 32.1 Å². The van der Waals surface area contributed by atoms with E-state index in [1.165, 1.54) is 37.8 Å². The molecule has 1 atom stereocenters. The van der Waals surface area contributed by atoms with E-state index in [0.717, 1.165) is 12.5 Å². The molecule has 1 aliphatic heterocycles. The molecule has 9 heavy (non-hydrogen) atoms. The standard InChI is InChI=1S/C8H13N/c1-2-7-3-4-8(6-7)9-5-1/h7H,1-6H2. The molecule has 1 heteroatoms. The van der Waals surface area contributed by atoms with Crippen molar-refractivity contribution in [3.05, 3.63) is 0 Å². The molecule has 50 valence electrons. The second kappa shape index (κ2) is 2.13. The molecule has 0 amide bonds. The number of nitrogens with zero attached hydrogens (tertiary/aromatic N) is 1. The number of fused-ring (bicyclic) bond motifs is 2. The molecule has 0 aromatic heterocycles. The average molecular weight is 123 g/mol. The fourth-order valence-corrected chi connectivity index (χ4v) is 1.92. The van der Waals surface area contributed by atoms with Gasteiger partial charge in [-0.2, -0.15) is 0 Å². The maximum Gasteiger partial charge on any atom is 0.0388 e. The molecule has 1 saturated carbocycles. The van der Waals surface area contributed by atoms with Crippen molar-refractivity contribution in [3.8, 4) is 0 Å². The molecular formula is C8H13N. The second-order valence-corrected chi connectivity index (χ2v) is 3.20. The molecule has 0 radical (unpaired) electrons. The van der Waals surface area contributed by atoms with E-state index in [1.54, 1.807) is 0 Å². The maximum atomic E-state index is 4.50. The van der Waals surface area contributed by atoms with Gasteiger partial charge < -0.3 is 0 Å². The number of hydrogen-bond acceptors (Lipinski definition) is 1. The molecule has 2 aliphatic rings. The van der Waals surface area contributed by atoms with Gasteiger partial charge in [0.05, 0.1) is 0 Å². The van der Waals surface area contributed by atoms with Crippen LogP contribution in [0, 0.1) is 5.92 Å². The third-order valence-electron chi connectivity index (χ3n) is 2.47. The van der Waals surface area contributed by atoms with Crippen molar-refractivity contribution in [2.75, 3.05) is 6.54 Å². The zero-order valence-electron chi connectivity index (χ0n) is 5.77. The summed E-state index contributed by atoms with van der Waals surface area (Å²) in [6.45, 7) is 1.12. The van der Waals surface area contributed by atoms with Crippen LogP contribution in [0.15, 0.2) is 4.99 Å². The Kier molecular flexibility index (Phi) is 1.29. The van der Waals surface area contributed by atoms with Gasteiger partial charge in [0, 0.05) is 12.3 Å². The predicted octanol–water partition coefficient (Wildman–Crippen LogP) is 2.02. The van der Waals surface area contributed by atoms with Gasteiger partial charge in [0.1, 0.15) is 0 Å². The topological polar surface area (TPSA) is 12.4 Å². The number of rotatable bonds is 0. The molecule has 1 heterocycles. The van der Waals surface area contributed by atoms with Crippen molar-refractivity contribution in [2.24, 2.45) is 10.9 Å². The average Bonchev–Trinajstić information content (AvgIpc) is 2.09. The molecule has 1 fully saturated rings. The lowest BCUT2D eigenvalue weighted by Crippen LogP contribution is -1.91. The highest BCUT2D eigenvalue weighted by Gasteiger charge is 2.21. The van der Waals surface area contributed by atoms with Gasteiger partial charge in [-0.3, -0.25) is 4.99 Å².